The molecule has 0 unspecified atom stereocenters. The van der Waals surface area contributed by atoms with Crippen LogP contribution in [-0.2, 0) is 4.74 Å². The first-order chi connectivity index (χ1) is 7.97. The second-order valence-electron chi connectivity index (χ2n) is 2.83. The Hall–Kier alpha value is -0.690. The molecule has 0 fully saturated rings. The van der Waals surface area contributed by atoms with E-state index in [1.54, 1.807) is 6.92 Å². The molecule has 1 aromatic rings. The van der Waals surface area contributed by atoms with Crippen LogP contribution in [0.25, 0.3) is 0 Å². The highest BCUT2D eigenvalue weighted by Crippen LogP contribution is 2.36. The number of rotatable bonds is 4. The van der Waals surface area contributed by atoms with Crippen LogP contribution in [-0.4, -0.2) is 19.2 Å². The predicted octanol–water partition coefficient (Wildman–Crippen LogP) is 3.99. The van der Waals surface area contributed by atoms with Gasteiger partial charge in [0.15, 0.2) is 5.75 Å². The van der Waals surface area contributed by atoms with Crippen molar-refractivity contribution >= 4 is 37.8 Å². The number of ether oxygens (including phenoxy) is 2. The van der Waals surface area contributed by atoms with Crippen molar-refractivity contribution in [3.8, 4) is 5.75 Å². The third-order valence-electron chi connectivity index (χ3n) is 1.75. The Balaban J connectivity index is 3.24. The van der Waals surface area contributed by atoms with Crippen molar-refractivity contribution in [3.63, 3.8) is 0 Å². The van der Waals surface area contributed by atoms with E-state index in [1.165, 1.54) is 12.1 Å². The van der Waals surface area contributed by atoms with Crippen LogP contribution in [0.5, 0.6) is 5.75 Å². The summed E-state index contributed by atoms with van der Waals surface area (Å²) < 4.78 is 34.2. The van der Waals surface area contributed by atoms with Gasteiger partial charge in [-0.2, -0.15) is 8.78 Å². The first-order valence-corrected chi connectivity index (χ1v) is 6.15. The molecule has 3 nitrogen and oxygen atoms in total. The molecule has 0 aliphatic heterocycles. The van der Waals surface area contributed by atoms with Gasteiger partial charge in [0, 0.05) is 4.47 Å². The quantitative estimate of drug-likeness (QED) is 0.748. The second kappa shape index (κ2) is 6.30. The lowest BCUT2D eigenvalue weighted by atomic mass is 10.2. The third-order valence-corrected chi connectivity index (χ3v) is 3.03. The molecule has 0 saturated heterocycles. The van der Waals surface area contributed by atoms with Crippen LogP contribution in [0.15, 0.2) is 21.1 Å². The highest BCUT2D eigenvalue weighted by Gasteiger charge is 2.22. The minimum atomic E-state index is -3.02. The average molecular weight is 374 g/mol. The summed E-state index contributed by atoms with van der Waals surface area (Å²) in [6.07, 6.45) is 0. The van der Waals surface area contributed by atoms with Crippen LogP contribution in [0.2, 0.25) is 0 Å². The third kappa shape index (κ3) is 3.64. The molecular weight excluding hydrogens is 366 g/mol. The Kier molecular flexibility index (Phi) is 5.32. The molecule has 0 radical (unpaired) electrons. The van der Waals surface area contributed by atoms with Crippen molar-refractivity contribution in [1.82, 2.24) is 0 Å². The van der Waals surface area contributed by atoms with E-state index in [0.717, 1.165) is 0 Å². The van der Waals surface area contributed by atoms with Gasteiger partial charge in [0.1, 0.15) is 5.56 Å². The van der Waals surface area contributed by atoms with Crippen LogP contribution in [0.4, 0.5) is 8.78 Å². The molecule has 0 aliphatic rings. The van der Waals surface area contributed by atoms with Crippen molar-refractivity contribution < 1.29 is 23.0 Å². The van der Waals surface area contributed by atoms with Crippen molar-refractivity contribution in [3.05, 3.63) is 26.6 Å². The first-order valence-electron chi connectivity index (χ1n) is 4.57. The lowest BCUT2D eigenvalue weighted by molar-refractivity contribution is -0.0510. The van der Waals surface area contributed by atoms with E-state index >= 15 is 0 Å². The first kappa shape index (κ1) is 14.4. The van der Waals surface area contributed by atoms with E-state index in [4.69, 9.17) is 4.74 Å². The molecule has 1 aromatic carbocycles. The van der Waals surface area contributed by atoms with Gasteiger partial charge in [-0.15, -0.1) is 0 Å². The Labute approximate surface area is 113 Å². The van der Waals surface area contributed by atoms with Gasteiger partial charge in [-0.1, -0.05) is 0 Å². The number of halogens is 4. The summed E-state index contributed by atoms with van der Waals surface area (Å²) in [5.41, 5.74) is -0.0680. The zero-order valence-corrected chi connectivity index (χ0v) is 11.8. The van der Waals surface area contributed by atoms with Crippen LogP contribution in [0.1, 0.15) is 17.3 Å². The normalized spacial score (nSPS) is 10.5. The van der Waals surface area contributed by atoms with Gasteiger partial charge in [-0.05, 0) is 50.9 Å². The summed E-state index contributed by atoms with van der Waals surface area (Å²) in [7, 11) is 0. The van der Waals surface area contributed by atoms with Gasteiger partial charge >= 0.3 is 12.6 Å². The largest absolute Gasteiger partial charge is 0.462 e. The Bertz CT molecular complexity index is 424. The highest BCUT2D eigenvalue weighted by molar-refractivity contribution is 9.11. The molecule has 0 heterocycles. The van der Waals surface area contributed by atoms with E-state index in [1.807, 2.05) is 0 Å². The van der Waals surface area contributed by atoms with Crippen molar-refractivity contribution in [2.45, 2.75) is 13.5 Å². The van der Waals surface area contributed by atoms with E-state index in [2.05, 4.69) is 36.6 Å². The Morgan fingerprint density at radius 2 is 1.94 bits per heavy atom. The van der Waals surface area contributed by atoms with Gasteiger partial charge in [0.2, 0.25) is 0 Å². The fraction of sp³-hybridized carbons (Fsp3) is 0.300. The van der Waals surface area contributed by atoms with E-state index < -0.39 is 12.6 Å². The maximum Gasteiger partial charge on any atom is 0.387 e. The van der Waals surface area contributed by atoms with Crippen LogP contribution >= 0.6 is 31.9 Å². The summed E-state index contributed by atoms with van der Waals surface area (Å²) in [5.74, 6) is -0.968. The number of hydrogen-bond acceptors (Lipinski definition) is 3. The molecule has 0 spiro atoms. The van der Waals surface area contributed by atoms with E-state index in [0.29, 0.717) is 4.47 Å². The van der Waals surface area contributed by atoms with Crippen LogP contribution in [0.3, 0.4) is 0 Å². The Morgan fingerprint density at radius 1 is 1.35 bits per heavy atom. The summed E-state index contributed by atoms with van der Waals surface area (Å²) in [4.78, 5) is 11.6. The topological polar surface area (TPSA) is 35.5 Å². The second-order valence-corrected chi connectivity index (χ2v) is 4.54. The van der Waals surface area contributed by atoms with Crippen LogP contribution in [0, 0.1) is 0 Å². The van der Waals surface area contributed by atoms with Gasteiger partial charge in [-0.25, -0.2) is 4.79 Å². The minimum absolute atomic E-state index is 0.0680. The van der Waals surface area contributed by atoms with Crippen molar-refractivity contribution in [1.29, 1.82) is 0 Å². The molecule has 0 N–H and O–H groups in total. The lowest BCUT2D eigenvalue weighted by Crippen LogP contribution is -2.11. The average Bonchev–Trinajstić information content (AvgIpc) is 2.23. The number of esters is 1. The zero-order valence-electron chi connectivity index (χ0n) is 8.68. The number of carbonyl (C=O) groups is 1. The summed E-state index contributed by atoms with van der Waals surface area (Å²) in [6.45, 7) is -1.25. The zero-order chi connectivity index (χ0) is 13.0. The van der Waals surface area contributed by atoms with Gasteiger partial charge in [-0.3, -0.25) is 0 Å². The maximum absolute atomic E-state index is 12.3. The summed E-state index contributed by atoms with van der Waals surface area (Å²) in [5, 5.41) is 0. The SMILES string of the molecule is CCOC(=O)c1c(Br)ccc(Br)c1OC(F)F. The predicted molar refractivity (Wildman–Crippen MR) is 64.4 cm³/mol. The fourth-order valence-corrected chi connectivity index (χ4v) is 2.03. The van der Waals surface area contributed by atoms with Crippen molar-refractivity contribution in [2.75, 3.05) is 6.61 Å². The van der Waals surface area contributed by atoms with Gasteiger partial charge < -0.3 is 9.47 Å². The molecule has 17 heavy (non-hydrogen) atoms. The van der Waals surface area contributed by atoms with Crippen LogP contribution < -0.4 is 4.74 Å². The molecular formula is C10H8Br2F2O3. The van der Waals surface area contributed by atoms with Gasteiger partial charge in [0.25, 0.3) is 0 Å². The lowest BCUT2D eigenvalue weighted by Gasteiger charge is -2.13. The fourth-order valence-electron chi connectivity index (χ4n) is 1.13. The smallest absolute Gasteiger partial charge is 0.387 e. The molecule has 0 bridgehead atoms. The molecule has 0 aliphatic carbocycles. The Morgan fingerprint density at radius 3 is 2.47 bits per heavy atom. The van der Waals surface area contributed by atoms with E-state index in [9.17, 15) is 13.6 Å². The summed E-state index contributed by atoms with van der Waals surface area (Å²) in [6, 6.07) is 3.03. The van der Waals surface area contributed by atoms with Crippen molar-refractivity contribution in [2.24, 2.45) is 0 Å². The minimum Gasteiger partial charge on any atom is -0.462 e. The van der Waals surface area contributed by atoms with E-state index in [-0.39, 0.29) is 22.4 Å². The standard InChI is InChI=1S/C10H8Br2F2O3/c1-2-16-9(15)7-5(11)3-4-6(12)8(7)17-10(13)14/h3-4,10H,2H2,1H3. The summed E-state index contributed by atoms with van der Waals surface area (Å²) >= 11 is 6.14. The molecule has 94 valence electrons. The highest BCUT2D eigenvalue weighted by atomic mass is 79.9. The molecule has 0 saturated carbocycles. The number of alkyl halides is 2. The molecule has 0 amide bonds. The molecule has 0 atom stereocenters. The molecule has 0 aromatic heterocycles. The number of carbonyl (C=O) groups excluding carboxylic acids is 1. The number of hydrogen-bond donors (Lipinski definition) is 0. The van der Waals surface area contributed by atoms with Gasteiger partial charge in [0.05, 0.1) is 11.1 Å². The molecule has 7 heteroatoms. The number of benzene rings is 1. The monoisotopic (exact) mass is 372 g/mol. The molecule has 1 rings (SSSR count). The maximum atomic E-state index is 12.3.